The zero-order chi connectivity index (χ0) is 18.4. The summed E-state index contributed by atoms with van der Waals surface area (Å²) in [6.45, 7) is 4.11. The highest BCUT2D eigenvalue weighted by molar-refractivity contribution is 14.0. The highest BCUT2D eigenvalue weighted by atomic mass is 127. The minimum Gasteiger partial charge on any atom is -0.386 e. The lowest BCUT2D eigenvalue weighted by molar-refractivity contribution is 0.184. The lowest BCUT2D eigenvalue weighted by atomic mass is 10.2. The number of hydrogen-bond donors (Lipinski definition) is 3. The Bertz CT molecular complexity index is 843. The quantitative estimate of drug-likeness (QED) is 0.202. The van der Waals surface area contributed by atoms with E-state index in [9.17, 15) is 5.11 Å². The summed E-state index contributed by atoms with van der Waals surface area (Å²) < 4.78 is 3.14. The van der Waals surface area contributed by atoms with Crippen LogP contribution in [0.3, 0.4) is 0 Å². The summed E-state index contributed by atoms with van der Waals surface area (Å²) in [5, 5.41) is 22.3. The summed E-state index contributed by atoms with van der Waals surface area (Å²) in [5.74, 6) is 0.696. The highest BCUT2D eigenvalue weighted by Crippen LogP contribution is 2.29. The maximum Gasteiger partial charge on any atom is 0.191 e. The van der Waals surface area contributed by atoms with Gasteiger partial charge in [0.25, 0.3) is 0 Å². The van der Waals surface area contributed by atoms with Crippen molar-refractivity contribution in [3.63, 3.8) is 0 Å². The minimum atomic E-state index is -0.557. The number of aliphatic hydroxyl groups is 1. The van der Waals surface area contributed by atoms with Crippen LogP contribution in [0.5, 0.6) is 0 Å². The highest BCUT2D eigenvalue weighted by Gasteiger charge is 2.12. The Kier molecular flexibility index (Phi) is 8.52. The third-order valence-corrected chi connectivity index (χ3v) is 5.30. The monoisotopic (exact) mass is 499 g/mol. The number of nitrogens with one attached hydrogen (secondary N) is 2. The van der Waals surface area contributed by atoms with Crippen LogP contribution in [-0.4, -0.2) is 41.0 Å². The molecule has 0 fully saturated rings. The predicted octanol–water partition coefficient (Wildman–Crippen LogP) is 3.31. The molecule has 2 aromatic heterocycles. The van der Waals surface area contributed by atoms with Gasteiger partial charge in [0.05, 0.1) is 6.20 Å². The fourth-order valence-electron chi connectivity index (χ4n) is 2.72. The number of guanidine groups is 1. The number of benzene rings is 1. The second kappa shape index (κ2) is 10.6. The standard InChI is InChI=1S/C19H25N5OS.HI/c1-14-11-23-24(13-14)9-5-8-21-19(20-2)22-12-16(25)18-10-15-6-3-4-7-17(15)26-18;/h3-4,6-7,10-11,13,16,25H,5,8-9,12H2,1-2H3,(H2,20,21,22);1H. The molecule has 1 atom stereocenters. The third kappa shape index (κ3) is 6.18. The summed E-state index contributed by atoms with van der Waals surface area (Å²) in [5.41, 5.74) is 1.17. The van der Waals surface area contributed by atoms with Gasteiger partial charge < -0.3 is 15.7 Å². The maximum absolute atomic E-state index is 10.4. The largest absolute Gasteiger partial charge is 0.386 e. The van der Waals surface area contributed by atoms with Crippen LogP contribution in [0, 0.1) is 6.92 Å². The van der Waals surface area contributed by atoms with Gasteiger partial charge in [-0.1, -0.05) is 18.2 Å². The Morgan fingerprint density at radius 2 is 2.15 bits per heavy atom. The van der Waals surface area contributed by atoms with Crippen LogP contribution in [0.25, 0.3) is 10.1 Å². The average molecular weight is 499 g/mol. The molecule has 27 heavy (non-hydrogen) atoms. The predicted molar refractivity (Wildman–Crippen MR) is 123 cm³/mol. The molecule has 3 rings (SSSR count). The van der Waals surface area contributed by atoms with Gasteiger partial charge in [0, 0.05) is 42.5 Å². The van der Waals surface area contributed by atoms with Crippen LogP contribution in [0.2, 0.25) is 0 Å². The second-order valence-electron chi connectivity index (χ2n) is 6.22. The molecule has 0 bridgehead atoms. The topological polar surface area (TPSA) is 74.5 Å². The number of fused-ring (bicyclic) bond motifs is 1. The molecular weight excluding hydrogens is 473 g/mol. The van der Waals surface area contributed by atoms with Gasteiger partial charge in [0.2, 0.25) is 0 Å². The van der Waals surface area contributed by atoms with Crippen LogP contribution in [0.15, 0.2) is 47.7 Å². The molecule has 0 saturated carbocycles. The molecule has 8 heteroatoms. The summed E-state index contributed by atoms with van der Waals surface area (Å²) in [6.07, 6.45) is 4.29. The number of aliphatic hydroxyl groups excluding tert-OH is 1. The number of rotatable bonds is 7. The second-order valence-corrected chi connectivity index (χ2v) is 7.33. The first-order valence-corrected chi connectivity index (χ1v) is 9.57. The van der Waals surface area contributed by atoms with Crippen LogP contribution >= 0.6 is 35.3 Å². The molecule has 146 valence electrons. The van der Waals surface area contributed by atoms with Crippen molar-refractivity contribution < 1.29 is 5.11 Å². The van der Waals surface area contributed by atoms with E-state index in [0.717, 1.165) is 24.4 Å². The van der Waals surface area contributed by atoms with Crippen molar-refractivity contribution in [1.82, 2.24) is 20.4 Å². The van der Waals surface area contributed by atoms with Gasteiger partial charge in [-0.2, -0.15) is 5.10 Å². The van der Waals surface area contributed by atoms with E-state index in [-0.39, 0.29) is 24.0 Å². The SMILES string of the molecule is CN=C(NCCCn1cc(C)cn1)NCC(O)c1cc2ccccc2s1.I. The van der Waals surface area contributed by atoms with Crippen molar-refractivity contribution in [1.29, 1.82) is 0 Å². The summed E-state index contributed by atoms with van der Waals surface area (Å²) in [6, 6.07) is 10.2. The van der Waals surface area contributed by atoms with Crippen molar-refractivity contribution in [2.75, 3.05) is 20.1 Å². The van der Waals surface area contributed by atoms with Crippen LogP contribution in [0.1, 0.15) is 23.0 Å². The van der Waals surface area contributed by atoms with E-state index in [2.05, 4.69) is 38.9 Å². The van der Waals surface area contributed by atoms with E-state index in [1.165, 1.54) is 15.6 Å². The first-order chi connectivity index (χ1) is 12.7. The number of thiophene rings is 1. The molecule has 3 aromatic rings. The van der Waals surface area contributed by atoms with E-state index in [4.69, 9.17) is 0 Å². The van der Waals surface area contributed by atoms with Gasteiger partial charge in [0.15, 0.2) is 5.96 Å². The number of aliphatic imine (C=N–C) groups is 1. The lowest BCUT2D eigenvalue weighted by Gasteiger charge is -2.14. The molecule has 6 nitrogen and oxygen atoms in total. The molecule has 0 aliphatic heterocycles. The van der Waals surface area contributed by atoms with Gasteiger partial charge in [-0.05, 0) is 36.4 Å². The van der Waals surface area contributed by atoms with Crippen LogP contribution in [-0.2, 0) is 6.54 Å². The molecule has 2 heterocycles. The van der Waals surface area contributed by atoms with Gasteiger partial charge >= 0.3 is 0 Å². The Morgan fingerprint density at radius 1 is 1.33 bits per heavy atom. The molecule has 0 aliphatic rings. The minimum absolute atomic E-state index is 0. The van der Waals surface area contributed by atoms with E-state index >= 15 is 0 Å². The third-order valence-electron chi connectivity index (χ3n) is 4.08. The van der Waals surface area contributed by atoms with Gasteiger partial charge in [0.1, 0.15) is 6.10 Å². The molecule has 1 unspecified atom stereocenters. The van der Waals surface area contributed by atoms with Crippen molar-refractivity contribution in [2.24, 2.45) is 4.99 Å². The molecule has 0 amide bonds. The Hall–Kier alpha value is -1.65. The Balaban J connectivity index is 0.00000261. The molecule has 3 N–H and O–H groups in total. The zero-order valence-corrected chi connectivity index (χ0v) is 18.7. The van der Waals surface area contributed by atoms with Gasteiger partial charge in [-0.25, -0.2) is 0 Å². The Morgan fingerprint density at radius 3 is 2.85 bits per heavy atom. The molecule has 0 spiro atoms. The first-order valence-electron chi connectivity index (χ1n) is 8.76. The van der Waals surface area contributed by atoms with E-state index in [0.29, 0.717) is 12.5 Å². The summed E-state index contributed by atoms with van der Waals surface area (Å²) >= 11 is 1.63. The molecule has 1 aromatic carbocycles. The van der Waals surface area contributed by atoms with E-state index < -0.39 is 6.10 Å². The van der Waals surface area contributed by atoms with Gasteiger partial charge in [-0.15, -0.1) is 35.3 Å². The average Bonchev–Trinajstić information content (AvgIpc) is 3.26. The normalized spacial score (nSPS) is 12.6. The van der Waals surface area contributed by atoms with Crippen molar-refractivity contribution in [2.45, 2.75) is 26.0 Å². The fourth-order valence-corrected chi connectivity index (χ4v) is 3.77. The van der Waals surface area contributed by atoms with E-state index in [1.54, 1.807) is 18.4 Å². The van der Waals surface area contributed by atoms with Crippen LogP contribution < -0.4 is 10.6 Å². The van der Waals surface area contributed by atoms with Crippen molar-refractivity contribution in [3.8, 4) is 0 Å². The number of halogens is 1. The van der Waals surface area contributed by atoms with Gasteiger partial charge in [-0.3, -0.25) is 9.67 Å². The Labute approximate surface area is 180 Å². The zero-order valence-electron chi connectivity index (χ0n) is 15.6. The number of hydrogen-bond acceptors (Lipinski definition) is 4. The number of nitrogens with zero attached hydrogens (tertiary/aromatic N) is 3. The van der Waals surface area contributed by atoms with Crippen molar-refractivity contribution in [3.05, 3.63) is 53.2 Å². The smallest absolute Gasteiger partial charge is 0.191 e. The number of aromatic nitrogens is 2. The summed E-state index contributed by atoms with van der Waals surface area (Å²) in [7, 11) is 1.73. The fraction of sp³-hybridized carbons (Fsp3) is 0.368. The summed E-state index contributed by atoms with van der Waals surface area (Å²) in [4.78, 5) is 5.17. The number of aryl methyl sites for hydroxylation is 2. The maximum atomic E-state index is 10.4. The molecular formula is C19H26IN5OS. The molecule has 0 radical (unpaired) electrons. The first kappa shape index (κ1) is 21.6. The molecule has 0 saturated heterocycles. The van der Waals surface area contributed by atoms with Crippen LogP contribution in [0.4, 0.5) is 0 Å². The molecule has 0 aliphatic carbocycles. The lowest BCUT2D eigenvalue weighted by Crippen LogP contribution is -2.39. The van der Waals surface area contributed by atoms with Crippen molar-refractivity contribution >= 4 is 51.4 Å². The van der Waals surface area contributed by atoms with E-state index in [1.807, 2.05) is 36.1 Å².